The van der Waals surface area contributed by atoms with Crippen molar-refractivity contribution < 1.29 is 19.1 Å². The van der Waals surface area contributed by atoms with Gasteiger partial charge in [0.2, 0.25) is 0 Å². The van der Waals surface area contributed by atoms with E-state index in [9.17, 15) is 14.4 Å². The molecule has 6 heteroatoms. The van der Waals surface area contributed by atoms with Crippen LogP contribution < -0.4 is 5.32 Å². The highest BCUT2D eigenvalue weighted by Gasteiger charge is 2.12. The molecule has 0 aliphatic heterocycles. The molecule has 1 N–H and O–H groups in total. The van der Waals surface area contributed by atoms with Gasteiger partial charge in [-0.2, -0.15) is 0 Å². The summed E-state index contributed by atoms with van der Waals surface area (Å²) in [7, 11) is 0. The minimum absolute atomic E-state index is 0.175. The Hall–Kier alpha value is -2.60. The third kappa shape index (κ3) is 6.04. The van der Waals surface area contributed by atoms with E-state index in [0.717, 1.165) is 10.5 Å². The van der Waals surface area contributed by atoms with Gasteiger partial charge in [0, 0.05) is 16.1 Å². The summed E-state index contributed by atoms with van der Waals surface area (Å²) in [6, 6.07) is 14.6. The molecule has 1 amide bonds. The van der Waals surface area contributed by atoms with Crippen LogP contribution in [-0.4, -0.2) is 30.0 Å². The standard InChI is InChI=1S/C20H21NO4S/c1-3-25-19(23)12-16(22)13-26-17-9-6-8-15(11-17)21-20(24)18-10-5-4-7-14(18)2/h4-11H,3,12-13H2,1-2H3,(H,21,24). The van der Waals surface area contributed by atoms with E-state index in [2.05, 4.69) is 5.32 Å². The van der Waals surface area contributed by atoms with Gasteiger partial charge in [-0.1, -0.05) is 24.3 Å². The molecule has 0 radical (unpaired) electrons. The summed E-state index contributed by atoms with van der Waals surface area (Å²) in [5.41, 5.74) is 2.18. The molecule has 0 unspecified atom stereocenters. The summed E-state index contributed by atoms with van der Waals surface area (Å²) in [6.45, 7) is 3.85. The molecule has 0 fully saturated rings. The Kier molecular flexibility index (Phi) is 7.41. The van der Waals surface area contributed by atoms with Crippen molar-refractivity contribution >= 4 is 35.1 Å². The first-order valence-electron chi connectivity index (χ1n) is 8.26. The Morgan fingerprint density at radius 3 is 2.58 bits per heavy atom. The van der Waals surface area contributed by atoms with Crippen LogP contribution >= 0.6 is 11.8 Å². The van der Waals surface area contributed by atoms with E-state index < -0.39 is 5.97 Å². The van der Waals surface area contributed by atoms with E-state index in [1.54, 1.807) is 25.1 Å². The normalized spacial score (nSPS) is 10.2. The zero-order valence-electron chi connectivity index (χ0n) is 14.8. The summed E-state index contributed by atoms with van der Waals surface area (Å²) in [5.74, 6) is -0.697. The molecule has 0 saturated heterocycles. The SMILES string of the molecule is CCOC(=O)CC(=O)CSc1cccc(NC(=O)c2ccccc2C)c1. The Labute approximate surface area is 157 Å². The van der Waals surface area contributed by atoms with Gasteiger partial charge in [-0.05, 0) is 43.7 Å². The molecular formula is C20H21NO4S. The number of thioether (sulfide) groups is 1. The number of rotatable bonds is 8. The Bertz CT molecular complexity index is 804. The molecular weight excluding hydrogens is 350 g/mol. The number of hydrogen-bond donors (Lipinski definition) is 1. The minimum atomic E-state index is -0.502. The number of hydrogen-bond acceptors (Lipinski definition) is 5. The lowest BCUT2D eigenvalue weighted by Crippen LogP contribution is -2.13. The van der Waals surface area contributed by atoms with Crippen LogP contribution in [0.4, 0.5) is 5.69 Å². The van der Waals surface area contributed by atoms with Crippen molar-refractivity contribution in [2.45, 2.75) is 25.2 Å². The van der Waals surface area contributed by atoms with Crippen LogP contribution in [0.2, 0.25) is 0 Å². The van der Waals surface area contributed by atoms with E-state index in [1.807, 2.05) is 37.3 Å². The fourth-order valence-corrected chi connectivity index (χ4v) is 3.09. The summed E-state index contributed by atoms with van der Waals surface area (Å²) < 4.78 is 4.76. The topological polar surface area (TPSA) is 72.5 Å². The average molecular weight is 371 g/mol. The van der Waals surface area contributed by atoms with E-state index in [0.29, 0.717) is 11.3 Å². The van der Waals surface area contributed by atoms with E-state index >= 15 is 0 Å². The van der Waals surface area contributed by atoms with Gasteiger partial charge in [-0.15, -0.1) is 11.8 Å². The van der Waals surface area contributed by atoms with Gasteiger partial charge >= 0.3 is 5.97 Å². The molecule has 26 heavy (non-hydrogen) atoms. The van der Waals surface area contributed by atoms with Crippen LogP contribution in [0.5, 0.6) is 0 Å². The molecule has 0 heterocycles. The van der Waals surface area contributed by atoms with Crippen molar-refractivity contribution in [3.8, 4) is 0 Å². The number of carbonyl (C=O) groups excluding carboxylic acids is 3. The van der Waals surface area contributed by atoms with Crippen LogP contribution in [0, 0.1) is 6.92 Å². The number of amides is 1. The first-order chi connectivity index (χ1) is 12.5. The second kappa shape index (κ2) is 9.77. The van der Waals surface area contributed by atoms with Crippen LogP contribution in [0.3, 0.4) is 0 Å². The van der Waals surface area contributed by atoms with Gasteiger partial charge in [-0.25, -0.2) is 0 Å². The van der Waals surface area contributed by atoms with Crippen molar-refractivity contribution in [1.82, 2.24) is 0 Å². The second-order valence-corrected chi connectivity index (χ2v) is 6.65. The van der Waals surface area contributed by atoms with Crippen molar-refractivity contribution in [2.24, 2.45) is 0 Å². The Morgan fingerprint density at radius 2 is 1.85 bits per heavy atom. The van der Waals surface area contributed by atoms with E-state index in [4.69, 9.17) is 4.74 Å². The molecule has 136 valence electrons. The number of Topliss-reactive ketones (excluding diaryl/α,β-unsaturated/α-hetero) is 1. The third-order valence-corrected chi connectivity index (χ3v) is 4.58. The first kappa shape index (κ1) is 19.7. The quantitative estimate of drug-likeness (QED) is 0.433. The van der Waals surface area contributed by atoms with E-state index in [1.165, 1.54) is 11.8 Å². The number of ketones is 1. The number of anilines is 1. The first-order valence-corrected chi connectivity index (χ1v) is 9.25. The van der Waals surface area contributed by atoms with Crippen molar-refractivity contribution in [3.05, 3.63) is 59.7 Å². The smallest absolute Gasteiger partial charge is 0.313 e. The molecule has 2 aromatic rings. The molecule has 2 aromatic carbocycles. The maximum atomic E-state index is 12.4. The highest BCUT2D eigenvalue weighted by Crippen LogP contribution is 2.22. The number of nitrogens with one attached hydrogen (secondary N) is 1. The van der Waals surface area contributed by atoms with Gasteiger partial charge in [0.15, 0.2) is 5.78 Å². The third-order valence-electron chi connectivity index (χ3n) is 3.53. The highest BCUT2D eigenvalue weighted by molar-refractivity contribution is 8.00. The average Bonchev–Trinajstić information content (AvgIpc) is 2.61. The maximum Gasteiger partial charge on any atom is 0.313 e. The Morgan fingerprint density at radius 1 is 1.08 bits per heavy atom. The summed E-state index contributed by atoms with van der Waals surface area (Å²) in [6.07, 6.45) is -0.218. The molecule has 0 atom stereocenters. The van der Waals surface area contributed by atoms with Crippen molar-refractivity contribution in [1.29, 1.82) is 0 Å². The Balaban J connectivity index is 1.93. The molecule has 0 bridgehead atoms. The molecule has 2 rings (SSSR count). The summed E-state index contributed by atoms with van der Waals surface area (Å²) in [5, 5.41) is 2.86. The number of carbonyl (C=O) groups is 3. The number of aryl methyl sites for hydroxylation is 1. The monoisotopic (exact) mass is 371 g/mol. The fraction of sp³-hybridized carbons (Fsp3) is 0.250. The number of ether oxygens (including phenoxy) is 1. The zero-order valence-corrected chi connectivity index (χ0v) is 15.6. The molecule has 5 nitrogen and oxygen atoms in total. The fourth-order valence-electron chi connectivity index (χ4n) is 2.28. The van der Waals surface area contributed by atoms with Crippen LogP contribution in [0.25, 0.3) is 0 Å². The van der Waals surface area contributed by atoms with Crippen LogP contribution in [0.15, 0.2) is 53.4 Å². The van der Waals surface area contributed by atoms with Crippen molar-refractivity contribution in [2.75, 3.05) is 17.7 Å². The lowest BCUT2D eigenvalue weighted by atomic mass is 10.1. The molecule has 0 aromatic heterocycles. The summed E-state index contributed by atoms with van der Waals surface area (Å²) >= 11 is 1.32. The maximum absolute atomic E-state index is 12.4. The van der Waals surface area contributed by atoms with Gasteiger partial charge in [-0.3, -0.25) is 14.4 Å². The summed E-state index contributed by atoms with van der Waals surface area (Å²) in [4.78, 5) is 36.3. The minimum Gasteiger partial charge on any atom is -0.466 e. The van der Waals surface area contributed by atoms with Gasteiger partial charge in [0.25, 0.3) is 5.91 Å². The van der Waals surface area contributed by atoms with Gasteiger partial charge in [0.05, 0.1) is 12.4 Å². The van der Waals surface area contributed by atoms with Crippen molar-refractivity contribution in [3.63, 3.8) is 0 Å². The predicted octanol–water partition coefficient (Wildman–Crippen LogP) is 3.86. The van der Waals surface area contributed by atoms with Crippen LogP contribution in [0.1, 0.15) is 29.3 Å². The molecule has 0 saturated carbocycles. The predicted molar refractivity (Wildman–Crippen MR) is 103 cm³/mol. The molecule has 0 aliphatic rings. The van der Waals surface area contributed by atoms with Gasteiger partial charge in [0.1, 0.15) is 6.42 Å². The molecule has 0 aliphatic carbocycles. The van der Waals surface area contributed by atoms with Crippen LogP contribution in [-0.2, 0) is 14.3 Å². The van der Waals surface area contributed by atoms with E-state index in [-0.39, 0.29) is 30.5 Å². The largest absolute Gasteiger partial charge is 0.466 e. The molecule has 0 spiro atoms. The number of benzene rings is 2. The zero-order chi connectivity index (χ0) is 18.9. The van der Waals surface area contributed by atoms with Gasteiger partial charge < -0.3 is 10.1 Å². The second-order valence-electron chi connectivity index (χ2n) is 5.61. The highest BCUT2D eigenvalue weighted by atomic mass is 32.2. The number of esters is 1. The lowest BCUT2D eigenvalue weighted by molar-refractivity contribution is -0.145. The lowest BCUT2D eigenvalue weighted by Gasteiger charge is -2.09.